The topological polar surface area (TPSA) is 0 Å². The Balaban J connectivity index is 2.15. The van der Waals surface area contributed by atoms with Gasteiger partial charge in [0.1, 0.15) is 0 Å². The maximum Gasteiger partial charge on any atom is 0.0364 e. The van der Waals surface area contributed by atoms with Gasteiger partial charge in [0.15, 0.2) is 0 Å². The molecule has 0 saturated heterocycles. The Hall–Kier alpha value is 0.290. The first-order chi connectivity index (χ1) is 8.27. The quantitative estimate of drug-likeness (QED) is 0.361. The van der Waals surface area contributed by atoms with Crippen molar-refractivity contribution in [2.24, 2.45) is 11.8 Å². The molecule has 0 nitrogen and oxygen atoms in total. The van der Waals surface area contributed by atoms with Crippen LogP contribution in [0.1, 0.15) is 84.5 Å². The van der Waals surface area contributed by atoms with Crippen molar-refractivity contribution in [1.29, 1.82) is 0 Å². The standard InChI is InChI=1S/C16H31Cl/c1-3-5-6-7-8-10-15-13-14(9-4-2)11-12-16(15)17/h14-16H,3-13H2,1-2H3. The maximum absolute atomic E-state index is 6.49. The molecule has 1 fully saturated rings. The number of hydrogen-bond donors (Lipinski definition) is 0. The highest BCUT2D eigenvalue weighted by molar-refractivity contribution is 6.20. The monoisotopic (exact) mass is 258 g/mol. The molecule has 0 spiro atoms. The lowest BCUT2D eigenvalue weighted by molar-refractivity contribution is 0.243. The van der Waals surface area contributed by atoms with Crippen molar-refractivity contribution in [3.63, 3.8) is 0 Å². The number of halogens is 1. The normalized spacial score (nSPS) is 29.5. The van der Waals surface area contributed by atoms with E-state index in [1.165, 1.54) is 70.6 Å². The van der Waals surface area contributed by atoms with E-state index in [1.807, 2.05) is 0 Å². The van der Waals surface area contributed by atoms with Gasteiger partial charge in [-0.05, 0) is 37.5 Å². The summed E-state index contributed by atoms with van der Waals surface area (Å²) in [5.41, 5.74) is 0. The van der Waals surface area contributed by atoms with Gasteiger partial charge in [0, 0.05) is 5.38 Å². The van der Waals surface area contributed by atoms with Gasteiger partial charge < -0.3 is 0 Å². The van der Waals surface area contributed by atoms with Gasteiger partial charge in [-0.2, -0.15) is 0 Å². The zero-order valence-electron chi connectivity index (χ0n) is 11.9. The molecule has 1 heteroatoms. The Morgan fingerprint density at radius 1 is 0.882 bits per heavy atom. The first-order valence-electron chi connectivity index (χ1n) is 7.92. The van der Waals surface area contributed by atoms with E-state index in [-0.39, 0.29) is 0 Å². The molecule has 3 atom stereocenters. The predicted molar refractivity (Wildman–Crippen MR) is 78.8 cm³/mol. The largest absolute Gasteiger partial charge is 0.123 e. The second-order valence-electron chi connectivity index (χ2n) is 5.95. The van der Waals surface area contributed by atoms with E-state index in [9.17, 15) is 0 Å². The third kappa shape index (κ3) is 6.13. The van der Waals surface area contributed by atoms with Crippen molar-refractivity contribution in [3.05, 3.63) is 0 Å². The molecule has 1 aliphatic rings. The van der Waals surface area contributed by atoms with E-state index in [1.54, 1.807) is 0 Å². The minimum atomic E-state index is 0.481. The predicted octanol–water partition coefficient (Wildman–Crippen LogP) is 6.17. The van der Waals surface area contributed by atoms with Gasteiger partial charge >= 0.3 is 0 Å². The van der Waals surface area contributed by atoms with Gasteiger partial charge in [-0.1, -0.05) is 58.8 Å². The Labute approximate surface area is 114 Å². The zero-order valence-corrected chi connectivity index (χ0v) is 12.6. The zero-order chi connectivity index (χ0) is 12.5. The molecule has 1 saturated carbocycles. The van der Waals surface area contributed by atoms with Crippen LogP contribution in [0.15, 0.2) is 0 Å². The van der Waals surface area contributed by atoms with Crippen molar-refractivity contribution in [2.45, 2.75) is 89.9 Å². The highest BCUT2D eigenvalue weighted by atomic mass is 35.5. The molecule has 0 heterocycles. The van der Waals surface area contributed by atoms with Gasteiger partial charge in [0.25, 0.3) is 0 Å². The molecule has 0 aromatic rings. The summed E-state index contributed by atoms with van der Waals surface area (Å²) in [6.45, 7) is 4.60. The number of hydrogen-bond acceptors (Lipinski definition) is 0. The Morgan fingerprint density at radius 2 is 1.65 bits per heavy atom. The molecule has 0 aliphatic heterocycles. The van der Waals surface area contributed by atoms with Crippen LogP contribution in [0, 0.1) is 11.8 Å². The van der Waals surface area contributed by atoms with Crippen LogP contribution >= 0.6 is 11.6 Å². The second kappa shape index (κ2) is 9.25. The fourth-order valence-electron chi connectivity index (χ4n) is 3.30. The summed E-state index contributed by atoms with van der Waals surface area (Å²) in [6, 6.07) is 0. The summed E-state index contributed by atoms with van der Waals surface area (Å²) in [5, 5.41) is 0.481. The molecule has 0 N–H and O–H groups in total. The van der Waals surface area contributed by atoms with E-state index < -0.39 is 0 Å². The molecule has 1 aliphatic carbocycles. The molecule has 17 heavy (non-hydrogen) atoms. The van der Waals surface area contributed by atoms with Crippen molar-refractivity contribution in [3.8, 4) is 0 Å². The summed E-state index contributed by atoms with van der Waals surface area (Å²) < 4.78 is 0. The van der Waals surface area contributed by atoms with Crippen LogP contribution < -0.4 is 0 Å². The number of unbranched alkanes of at least 4 members (excludes halogenated alkanes) is 4. The minimum Gasteiger partial charge on any atom is -0.123 e. The fourth-order valence-corrected chi connectivity index (χ4v) is 3.66. The lowest BCUT2D eigenvalue weighted by Gasteiger charge is -2.33. The molecule has 0 radical (unpaired) electrons. The number of rotatable bonds is 8. The molecule has 0 aromatic carbocycles. The lowest BCUT2D eigenvalue weighted by atomic mass is 9.77. The molecule has 1 rings (SSSR count). The molecule has 0 amide bonds. The molecular weight excluding hydrogens is 228 g/mol. The van der Waals surface area contributed by atoms with Crippen LogP contribution in [-0.4, -0.2) is 5.38 Å². The highest BCUT2D eigenvalue weighted by Crippen LogP contribution is 2.37. The lowest BCUT2D eigenvalue weighted by Crippen LogP contribution is -2.25. The molecule has 0 bridgehead atoms. The smallest absolute Gasteiger partial charge is 0.0364 e. The second-order valence-corrected chi connectivity index (χ2v) is 6.51. The molecular formula is C16H31Cl. The van der Waals surface area contributed by atoms with Gasteiger partial charge in [-0.15, -0.1) is 11.6 Å². The molecule has 0 aromatic heterocycles. The van der Waals surface area contributed by atoms with Crippen molar-refractivity contribution in [2.75, 3.05) is 0 Å². The molecule has 102 valence electrons. The van der Waals surface area contributed by atoms with Gasteiger partial charge in [-0.25, -0.2) is 0 Å². The third-order valence-electron chi connectivity index (χ3n) is 4.37. The minimum absolute atomic E-state index is 0.481. The average Bonchev–Trinajstić information content (AvgIpc) is 2.33. The van der Waals surface area contributed by atoms with E-state index in [2.05, 4.69) is 13.8 Å². The summed E-state index contributed by atoms with van der Waals surface area (Å²) >= 11 is 6.49. The first kappa shape index (κ1) is 15.3. The van der Waals surface area contributed by atoms with Crippen LogP contribution in [0.25, 0.3) is 0 Å². The van der Waals surface area contributed by atoms with Crippen LogP contribution in [0.3, 0.4) is 0 Å². The Kier molecular flexibility index (Phi) is 8.35. The van der Waals surface area contributed by atoms with Gasteiger partial charge in [-0.3, -0.25) is 0 Å². The van der Waals surface area contributed by atoms with E-state index in [4.69, 9.17) is 11.6 Å². The van der Waals surface area contributed by atoms with Crippen LogP contribution in [0.2, 0.25) is 0 Å². The number of alkyl halides is 1. The van der Waals surface area contributed by atoms with E-state index in [0.29, 0.717) is 5.38 Å². The van der Waals surface area contributed by atoms with Crippen molar-refractivity contribution >= 4 is 11.6 Å². The van der Waals surface area contributed by atoms with E-state index >= 15 is 0 Å². The summed E-state index contributed by atoms with van der Waals surface area (Å²) in [7, 11) is 0. The van der Waals surface area contributed by atoms with E-state index in [0.717, 1.165) is 11.8 Å². The van der Waals surface area contributed by atoms with Crippen LogP contribution in [0.5, 0.6) is 0 Å². The van der Waals surface area contributed by atoms with Gasteiger partial charge in [0.05, 0.1) is 0 Å². The Morgan fingerprint density at radius 3 is 2.35 bits per heavy atom. The fraction of sp³-hybridized carbons (Fsp3) is 1.00. The Bertz CT molecular complexity index is 178. The summed E-state index contributed by atoms with van der Waals surface area (Å²) in [6.07, 6.45) is 15.2. The first-order valence-corrected chi connectivity index (χ1v) is 8.35. The van der Waals surface area contributed by atoms with Gasteiger partial charge in [0.2, 0.25) is 0 Å². The van der Waals surface area contributed by atoms with Crippen molar-refractivity contribution in [1.82, 2.24) is 0 Å². The highest BCUT2D eigenvalue weighted by Gasteiger charge is 2.27. The van der Waals surface area contributed by atoms with Crippen molar-refractivity contribution < 1.29 is 0 Å². The summed E-state index contributed by atoms with van der Waals surface area (Å²) in [4.78, 5) is 0. The summed E-state index contributed by atoms with van der Waals surface area (Å²) in [5.74, 6) is 1.80. The maximum atomic E-state index is 6.49. The SMILES string of the molecule is CCCCCCCC1CC(CCC)CCC1Cl. The third-order valence-corrected chi connectivity index (χ3v) is 4.95. The molecule has 3 unspecified atom stereocenters. The van der Waals surface area contributed by atoms with Crippen LogP contribution in [-0.2, 0) is 0 Å². The van der Waals surface area contributed by atoms with Crippen LogP contribution in [0.4, 0.5) is 0 Å². The average molecular weight is 259 g/mol.